The van der Waals surface area contributed by atoms with E-state index in [0.717, 1.165) is 0 Å². The van der Waals surface area contributed by atoms with E-state index in [9.17, 15) is 9.59 Å². The van der Waals surface area contributed by atoms with Crippen LogP contribution in [0.2, 0.25) is 0 Å². The van der Waals surface area contributed by atoms with Gasteiger partial charge in [0.05, 0.1) is 7.11 Å². The number of hydrogen-bond acceptors (Lipinski definition) is 4. The van der Waals surface area contributed by atoms with E-state index in [-0.39, 0.29) is 5.91 Å². The third-order valence-electron chi connectivity index (χ3n) is 2.03. The lowest BCUT2D eigenvalue weighted by Gasteiger charge is -2.05. The second kappa shape index (κ2) is 7.21. The highest BCUT2D eigenvalue weighted by Gasteiger charge is 2.06. The number of hydrogen-bond donors (Lipinski definition) is 2. The SMILES string of the molecule is COc1cccc(C(=O)NCCCNC=O)n1. The topological polar surface area (TPSA) is 80.3 Å². The Morgan fingerprint density at radius 2 is 2.29 bits per heavy atom. The summed E-state index contributed by atoms with van der Waals surface area (Å²) in [5.41, 5.74) is 0.313. The van der Waals surface area contributed by atoms with Crippen LogP contribution in [-0.4, -0.2) is 37.5 Å². The van der Waals surface area contributed by atoms with Crippen LogP contribution in [-0.2, 0) is 4.79 Å². The fourth-order valence-electron chi connectivity index (χ4n) is 1.20. The van der Waals surface area contributed by atoms with E-state index in [0.29, 0.717) is 37.5 Å². The van der Waals surface area contributed by atoms with Crippen molar-refractivity contribution in [3.8, 4) is 5.88 Å². The summed E-state index contributed by atoms with van der Waals surface area (Å²) in [5, 5.41) is 5.21. The molecule has 1 rings (SSSR count). The Bertz CT molecular complexity index is 382. The summed E-state index contributed by atoms with van der Waals surface area (Å²) < 4.78 is 4.92. The van der Waals surface area contributed by atoms with E-state index >= 15 is 0 Å². The summed E-state index contributed by atoms with van der Waals surface area (Å²) in [6.45, 7) is 1.02. The Morgan fingerprint density at radius 3 is 3.00 bits per heavy atom. The molecule has 6 nitrogen and oxygen atoms in total. The Morgan fingerprint density at radius 1 is 1.47 bits per heavy atom. The second-order valence-electron chi connectivity index (χ2n) is 3.25. The molecule has 6 heteroatoms. The first-order chi connectivity index (χ1) is 8.27. The van der Waals surface area contributed by atoms with Crippen LogP contribution in [0.5, 0.6) is 5.88 Å². The molecule has 0 bridgehead atoms. The number of carbonyl (C=O) groups excluding carboxylic acids is 2. The molecule has 0 radical (unpaired) electrons. The number of nitrogens with zero attached hydrogens (tertiary/aromatic N) is 1. The molecular weight excluding hydrogens is 222 g/mol. The minimum Gasteiger partial charge on any atom is -0.481 e. The zero-order valence-corrected chi connectivity index (χ0v) is 9.60. The third-order valence-corrected chi connectivity index (χ3v) is 2.03. The number of carbonyl (C=O) groups is 2. The summed E-state index contributed by atoms with van der Waals surface area (Å²) in [7, 11) is 1.50. The van der Waals surface area contributed by atoms with Gasteiger partial charge in [-0.25, -0.2) is 4.98 Å². The van der Waals surface area contributed by atoms with Crippen LogP contribution in [0, 0.1) is 0 Å². The first-order valence-electron chi connectivity index (χ1n) is 5.24. The number of rotatable bonds is 7. The van der Waals surface area contributed by atoms with Crippen molar-refractivity contribution < 1.29 is 14.3 Å². The van der Waals surface area contributed by atoms with E-state index in [2.05, 4.69) is 15.6 Å². The van der Waals surface area contributed by atoms with Gasteiger partial charge in [0.15, 0.2) is 0 Å². The van der Waals surface area contributed by atoms with E-state index in [1.165, 1.54) is 7.11 Å². The number of amides is 2. The van der Waals surface area contributed by atoms with Gasteiger partial charge < -0.3 is 15.4 Å². The van der Waals surface area contributed by atoms with E-state index in [1.807, 2.05) is 0 Å². The van der Waals surface area contributed by atoms with Crippen molar-refractivity contribution in [2.75, 3.05) is 20.2 Å². The number of aromatic nitrogens is 1. The van der Waals surface area contributed by atoms with Crippen LogP contribution < -0.4 is 15.4 Å². The van der Waals surface area contributed by atoms with Gasteiger partial charge in [-0.3, -0.25) is 9.59 Å². The number of methoxy groups -OCH3 is 1. The molecule has 0 atom stereocenters. The van der Waals surface area contributed by atoms with Crippen LogP contribution in [0.15, 0.2) is 18.2 Å². The number of ether oxygens (including phenoxy) is 1. The van der Waals surface area contributed by atoms with Gasteiger partial charge in [-0.2, -0.15) is 0 Å². The summed E-state index contributed by atoms with van der Waals surface area (Å²) in [6.07, 6.45) is 1.31. The average molecular weight is 237 g/mol. The Balaban J connectivity index is 2.38. The lowest BCUT2D eigenvalue weighted by molar-refractivity contribution is -0.109. The number of pyridine rings is 1. The zero-order chi connectivity index (χ0) is 12.5. The molecule has 2 amide bonds. The van der Waals surface area contributed by atoms with Crippen LogP contribution in [0.25, 0.3) is 0 Å². The zero-order valence-electron chi connectivity index (χ0n) is 9.60. The molecule has 0 fully saturated rings. The smallest absolute Gasteiger partial charge is 0.270 e. The van der Waals surface area contributed by atoms with Gasteiger partial charge in [-0.1, -0.05) is 6.07 Å². The summed E-state index contributed by atoms with van der Waals surface area (Å²) in [6, 6.07) is 4.99. The average Bonchev–Trinajstić information content (AvgIpc) is 2.38. The fourth-order valence-corrected chi connectivity index (χ4v) is 1.20. The second-order valence-corrected chi connectivity index (χ2v) is 3.25. The summed E-state index contributed by atoms with van der Waals surface area (Å²) >= 11 is 0. The van der Waals surface area contributed by atoms with Gasteiger partial charge >= 0.3 is 0 Å². The predicted octanol–water partition coefficient (Wildman–Crippen LogP) is -0.0439. The lowest BCUT2D eigenvalue weighted by atomic mass is 10.3. The molecule has 0 aliphatic rings. The van der Waals surface area contributed by atoms with Gasteiger partial charge in [0.1, 0.15) is 5.69 Å². The predicted molar refractivity (Wildman–Crippen MR) is 61.8 cm³/mol. The largest absolute Gasteiger partial charge is 0.481 e. The Hall–Kier alpha value is -2.11. The van der Waals surface area contributed by atoms with Crippen molar-refractivity contribution in [2.45, 2.75) is 6.42 Å². The normalized spacial score (nSPS) is 9.47. The fraction of sp³-hybridized carbons (Fsp3) is 0.364. The molecule has 17 heavy (non-hydrogen) atoms. The third kappa shape index (κ3) is 4.50. The van der Waals surface area contributed by atoms with Gasteiger partial charge in [0.25, 0.3) is 5.91 Å². The van der Waals surface area contributed by atoms with Gasteiger partial charge in [0.2, 0.25) is 12.3 Å². The Labute approximate surface area is 99.4 Å². The van der Waals surface area contributed by atoms with Crippen molar-refractivity contribution >= 4 is 12.3 Å². The van der Waals surface area contributed by atoms with Crippen molar-refractivity contribution in [3.63, 3.8) is 0 Å². The monoisotopic (exact) mass is 237 g/mol. The molecule has 2 N–H and O–H groups in total. The molecule has 0 aliphatic heterocycles. The molecule has 1 heterocycles. The molecule has 92 valence electrons. The highest BCUT2D eigenvalue weighted by atomic mass is 16.5. The minimum atomic E-state index is -0.255. The maximum absolute atomic E-state index is 11.6. The maximum Gasteiger partial charge on any atom is 0.270 e. The molecule has 0 unspecified atom stereocenters. The minimum absolute atomic E-state index is 0.255. The van der Waals surface area contributed by atoms with E-state index in [4.69, 9.17) is 4.74 Å². The van der Waals surface area contributed by atoms with Gasteiger partial charge in [0, 0.05) is 19.2 Å². The van der Waals surface area contributed by atoms with E-state index in [1.54, 1.807) is 18.2 Å². The van der Waals surface area contributed by atoms with Crippen molar-refractivity contribution in [2.24, 2.45) is 0 Å². The van der Waals surface area contributed by atoms with Crippen molar-refractivity contribution in [3.05, 3.63) is 23.9 Å². The first kappa shape index (κ1) is 13.0. The first-order valence-corrected chi connectivity index (χ1v) is 5.24. The maximum atomic E-state index is 11.6. The molecule has 1 aromatic heterocycles. The molecule has 0 spiro atoms. The molecule has 1 aromatic rings. The molecule has 0 saturated carbocycles. The van der Waals surface area contributed by atoms with Crippen LogP contribution in [0.3, 0.4) is 0 Å². The van der Waals surface area contributed by atoms with Crippen LogP contribution in [0.1, 0.15) is 16.9 Å². The standard InChI is InChI=1S/C11H15N3O3/c1-17-10-5-2-4-9(14-10)11(16)13-7-3-6-12-8-15/h2,4-5,8H,3,6-7H2,1H3,(H,12,15)(H,13,16). The Kier molecular flexibility index (Phi) is 5.50. The van der Waals surface area contributed by atoms with Crippen LogP contribution >= 0.6 is 0 Å². The van der Waals surface area contributed by atoms with Crippen molar-refractivity contribution in [1.82, 2.24) is 15.6 Å². The molecular formula is C11H15N3O3. The quantitative estimate of drug-likeness (QED) is 0.515. The van der Waals surface area contributed by atoms with E-state index < -0.39 is 0 Å². The van der Waals surface area contributed by atoms with Gasteiger partial charge in [-0.05, 0) is 12.5 Å². The molecule has 0 aromatic carbocycles. The molecule has 0 saturated heterocycles. The number of nitrogens with one attached hydrogen (secondary N) is 2. The van der Waals surface area contributed by atoms with Crippen molar-refractivity contribution in [1.29, 1.82) is 0 Å². The highest BCUT2D eigenvalue weighted by molar-refractivity contribution is 5.92. The lowest BCUT2D eigenvalue weighted by Crippen LogP contribution is -2.27. The van der Waals surface area contributed by atoms with Crippen LogP contribution in [0.4, 0.5) is 0 Å². The highest BCUT2D eigenvalue weighted by Crippen LogP contribution is 2.06. The molecule has 0 aliphatic carbocycles. The summed E-state index contributed by atoms with van der Waals surface area (Å²) in [4.78, 5) is 25.6. The summed E-state index contributed by atoms with van der Waals surface area (Å²) in [5.74, 6) is 0.148. The van der Waals surface area contributed by atoms with Gasteiger partial charge in [-0.15, -0.1) is 0 Å².